The number of nitrogens with zero attached hydrogens (tertiary/aromatic N) is 2. The molecular weight excluding hydrogens is 303 g/mol. The molecule has 6 heteroatoms. The molecule has 0 spiro atoms. The van der Waals surface area contributed by atoms with E-state index in [0.29, 0.717) is 21.7 Å². The molecule has 0 saturated heterocycles. The minimum Gasteiger partial charge on any atom is -0.480 e. The first-order chi connectivity index (χ1) is 8.60. The molecular formula is C12H10BrFN2O2. The monoisotopic (exact) mass is 312 g/mol. The maximum Gasteiger partial charge on any atom is 0.325 e. The van der Waals surface area contributed by atoms with Gasteiger partial charge >= 0.3 is 6.01 Å². The number of methoxy groups -OCH3 is 1. The predicted molar refractivity (Wildman–Crippen MR) is 67.5 cm³/mol. The fourth-order valence-electron chi connectivity index (χ4n) is 1.31. The van der Waals surface area contributed by atoms with Gasteiger partial charge in [-0.1, -0.05) is 0 Å². The minimum absolute atomic E-state index is 0.140. The Balaban J connectivity index is 2.25. The normalized spacial score (nSPS) is 10.2. The quantitative estimate of drug-likeness (QED) is 0.870. The Labute approximate surface area is 112 Å². The van der Waals surface area contributed by atoms with E-state index in [9.17, 15) is 4.39 Å². The molecule has 0 aliphatic carbocycles. The molecule has 0 radical (unpaired) electrons. The van der Waals surface area contributed by atoms with Crippen molar-refractivity contribution in [3.63, 3.8) is 0 Å². The number of ether oxygens (including phenoxy) is 2. The third-order valence-electron chi connectivity index (χ3n) is 2.22. The van der Waals surface area contributed by atoms with E-state index in [2.05, 4.69) is 25.9 Å². The molecule has 1 aromatic heterocycles. The molecule has 0 fully saturated rings. The molecule has 0 saturated carbocycles. The van der Waals surface area contributed by atoms with Gasteiger partial charge in [-0.15, -0.1) is 0 Å². The van der Waals surface area contributed by atoms with E-state index in [1.165, 1.54) is 25.4 Å². The van der Waals surface area contributed by atoms with Crippen LogP contribution in [0.1, 0.15) is 5.56 Å². The first kappa shape index (κ1) is 12.8. The first-order valence-corrected chi connectivity index (χ1v) is 5.90. The van der Waals surface area contributed by atoms with Crippen LogP contribution in [0.15, 0.2) is 28.9 Å². The van der Waals surface area contributed by atoms with Crippen LogP contribution in [-0.4, -0.2) is 17.1 Å². The zero-order valence-corrected chi connectivity index (χ0v) is 11.4. The van der Waals surface area contributed by atoms with Gasteiger partial charge in [0, 0.05) is 0 Å². The topological polar surface area (TPSA) is 44.2 Å². The van der Waals surface area contributed by atoms with Crippen molar-refractivity contribution in [1.82, 2.24) is 9.97 Å². The predicted octanol–water partition coefficient (Wildman–Crippen LogP) is 3.49. The molecule has 2 rings (SSSR count). The Morgan fingerprint density at radius 3 is 2.78 bits per heavy atom. The van der Waals surface area contributed by atoms with Gasteiger partial charge in [-0.2, -0.15) is 4.98 Å². The standard InChI is InChI=1S/C12H10BrFN2O2/c1-7-5-8(3-4-10(7)14)18-12-15-6-9(13)11(16-12)17-2/h3-6H,1-2H3. The van der Waals surface area contributed by atoms with Crippen LogP contribution in [0.2, 0.25) is 0 Å². The van der Waals surface area contributed by atoms with Crippen molar-refractivity contribution in [1.29, 1.82) is 0 Å². The van der Waals surface area contributed by atoms with Gasteiger partial charge in [0.2, 0.25) is 5.88 Å². The summed E-state index contributed by atoms with van der Waals surface area (Å²) in [4.78, 5) is 8.02. The zero-order valence-electron chi connectivity index (χ0n) is 9.78. The fraction of sp³-hybridized carbons (Fsp3) is 0.167. The fourth-order valence-corrected chi connectivity index (χ4v) is 1.67. The summed E-state index contributed by atoms with van der Waals surface area (Å²) in [6.45, 7) is 1.66. The van der Waals surface area contributed by atoms with Crippen molar-refractivity contribution in [3.05, 3.63) is 40.2 Å². The van der Waals surface area contributed by atoms with Crippen LogP contribution in [0.3, 0.4) is 0 Å². The third-order valence-corrected chi connectivity index (χ3v) is 2.77. The lowest BCUT2D eigenvalue weighted by Gasteiger charge is -2.07. The van der Waals surface area contributed by atoms with Crippen LogP contribution < -0.4 is 9.47 Å². The molecule has 18 heavy (non-hydrogen) atoms. The van der Waals surface area contributed by atoms with E-state index < -0.39 is 0 Å². The maximum atomic E-state index is 13.1. The Bertz CT molecular complexity index is 578. The van der Waals surface area contributed by atoms with Crippen molar-refractivity contribution >= 4 is 15.9 Å². The van der Waals surface area contributed by atoms with E-state index in [0.717, 1.165) is 0 Å². The van der Waals surface area contributed by atoms with Gasteiger partial charge in [0.25, 0.3) is 0 Å². The summed E-state index contributed by atoms with van der Waals surface area (Å²) >= 11 is 3.24. The van der Waals surface area contributed by atoms with E-state index >= 15 is 0 Å². The summed E-state index contributed by atoms with van der Waals surface area (Å²) in [6, 6.07) is 4.56. The van der Waals surface area contributed by atoms with E-state index in [1.807, 2.05) is 0 Å². The SMILES string of the molecule is COc1nc(Oc2ccc(F)c(C)c2)ncc1Br. The maximum absolute atomic E-state index is 13.1. The Hall–Kier alpha value is -1.69. The molecule has 1 aromatic carbocycles. The average molecular weight is 313 g/mol. The number of halogens is 2. The van der Waals surface area contributed by atoms with Crippen molar-refractivity contribution in [3.8, 4) is 17.6 Å². The van der Waals surface area contributed by atoms with Crippen LogP contribution in [0.4, 0.5) is 4.39 Å². The Kier molecular flexibility index (Phi) is 3.76. The largest absolute Gasteiger partial charge is 0.480 e. The summed E-state index contributed by atoms with van der Waals surface area (Å²) in [6.07, 6.45) is 1.53. The average Bonchev–Trinajstić information content (AvgIpc) is 2.36. The van der Waals surface area contributed by atoms with Crippen molar-refractivity contribution in [2.45, 2.75) is 6.92 Å². The highest BCUT2D eigenvalue weighted by molar-refractivity contribution is 9.10. The molecule has 0 atom stereocenters. The summed E-state index contributed by atoms with van der Waals surface area (Å²) in [5.41, 5.74) is 0.497. The number of rotatable bonds is 3. The third kappa shape index (κ3) is 2.76. The smallest absolute Gasteiger partial charge is 0.325 e. The van der Waals surface area contributed by atoms with E-state index in [-0.39, 0.29) is 11.8 Å². The van der Waals surface area contributed by atoms with Gasteiger partial charge in [0.15, 0.2) is 0 Å². The first-order valence-electron chi connectivity index (χ1n) is 5.10. The summed E-state index contributed by atoms with van der Waals surface area (Å²) in [5.74, 6) is 0.564. The lowest BCUT2D eigenvalue weighted by molar-refractivity contribution is 0.373. The molecule has 0 aliphatic heterocycles. The van der Waals surface area contributed by atoms with Crippen LogP contribution in [0, 0.1) is 12.7 Å². The molecule has 4 nitrogen and oxygen atoms in total. The number of benzene rings is 1. The van der Waals surface area contributed by atoms with Gasteiger partial charge in [0.05, 0.1) is 17.8 Å². The molecule has 0 unspecified atom stereocenters. The van der Waals surface area contributed by atoms with Crippen molar-refractivity contribution in [2.24, 2.45) is 0 Å². The number of aromatic nitrogens is 2. The van der Waals surface area contributed by atoms with Gasteiger partial charge in [-0.3, -0.25) is 0 Å². The van der Waals surface area contributed by atoms with Crippen molar-refractivity contribution in [2.75, 3.05) is 7.11 Å². The highest BCUT2D eigenvalue weighted by Crippen LogP contribution is 2.26. The molecule has 0 aliphatic rings. The zero-order chi connectivity index (χ0) is 13.1. The summed E-state index contributed by atoms with van der Waals surface area (Å²) in [5, 5.41) is 0. The lowest BCUT2D eigenvalue weighted by atomic mass is 10.2. The number of aryl methyl sites for hydroxylation is 1. The molecule has 94 valence electrons. The lowest BCUT2D eigenvalue weighted by Crippen LogP contribution is -1.96. The van der Waals surface area contributed by atoms with E-state index in [1.54, 1.807) is 13.0 Å². The van der Waals surface area contributed by atoms with Gasteiger partial charge in [-0.05, 0) is 46.6 Å². The second-order valence-electron chi connectivity index (χ2n) is 3.52. The molecule has 0 amide bonds. The number of hydrogen-bond donors (Lipinski definition) is 0. The molecule has 1 heterocycles. The van der Waals surface area contributed by atoms with Crippen LogP contribution in [0.5, 0.6) is 17.6 Å². The van der Waals surface area contributed by atoms with Gasteiger partial charge in [-0.25, -0.2) is 9.37 Å². The van der Waals surface area contributed by atoms with Crippen molar-refractivity contribution < 1.29 is 13.9 Å². The molecule has 0 N–H and O–H groups in total. The second-order valence-corrected chi connectivity index (χ2v) is 4.38. The van der Waals surface area contributed by atoms with Crippen LogP contribution in [0.25, 0.3) is 0 Å². The molecule has 2 aromatic rings. The molecule has 0 bridgehead atoms. The Morgan fingerprint density at radius 2 is 2.11 bits per heavy atom. The van der Waals surface area contributed by atoms with Gasteiger partial charge in [0.1, 0.15) is 11.6 Å². The van der Waals surface area contributed by atoms with Crippen LogP contribution in [-0.2, 0) is 0 Å². The minimum atomic E-state index is -0.281. The summed E-state index contributed by atoms with van der Waals surface area (Å²) in [7, 11) is 1.50. The summed E-state index contributed by atoms with van der Waals surface area (Å²) < 4.78 is 24.2. The van der Waals surface area contributed by atoms with Gasteiger partial charge < -0.3 is 9.47 Å². The van der Waals surface area contributed by atoms with Crippen LogP contribution >= 0.6 is 15.9 Å². The second kappa shape index (κ2) is 5.30. The number of hydrogen-bond acceptors (Lipinski definition) is 4. The Morgan fingerprint density at radius 1 is 1.33 bits per heavy atom. The van der Waals surface area contributed by atoms with E-state index in [4.69, 9.17) is 9.47 Å². The highest BCUT2D eigenvalue weighted by atomic mass is 79.9. The highest BCUT2D eigenvalue weighted by Gasteiger charge is 2.08.